The molecule has 0 aliphatic rings. The van der Waals surface area contributed by atoms with E-state index in [1.165, 1.54) is 10.9 Å². The van der Waals surface area contributed by atoms with Crippen molar-refractivity contribution in [2.75, 3.05) is 5.32 Å². The summed E-state index contributed by atoms with van der Waals surface area (Å²) >= 11 is 8.06. The molecule has 0 atom stereocenters. The van der Waals surface area contributed by atoms with Crippen LogP contribution in [-0.4, -0.2) is 15.7 Å². The Labute approximate surface area is 128 Å². The van der Waals surface area contributed by atoms with E-state index < -0.39 is 0 Å². The van der Waals surface area contributed by atoms with Gasteiger partial charge in [-0.15, -0.1) is 0 Å². The topological polar surface area (TPSA) is 70.7 Å². The number of nitriles is 1. The summed E-state index contributed by atoms with van der Waals surface area (Å²) < 4.78 is 2.30. The number of amides is 1. The first-order valence-electron chi connectivity index (χ1n) is 5.21. The molecule has 1 heterocycles. The van der Waals surface area contributed by atoms with Crippen molar-refractivity contribution in [1.29, 1.82) is 5.26 Å². The predicted molar refractivity (Wildman–Crippen MR) is 80.0 cm³/mol. The number of halogens is 2. The van der Waals surface area contributed by atoms with Crippen molar-refractivity contribution in [3.63, 3.8) is 0 Å². The van der Waals surface area contributed by atoms with Crippen LogP contribution in [0.4, 0.5) is 5.82 Å². The van der Waals surface area contributed by atoms with E-state index in [9.17, 15) is 4.79 Å². The van der Waals surface area contributed by atoms with Gasteiger partial charge in [-0.25, -0.2) is 0 Å². The normalized spacial score (nSPS) is 10.0. The molecule has 7 heteroatoms. The Balaban J connectivity index is 2.28. The average molecular weight is 387 g/mol. The van der Waals surface area contributed by atoms with Crippen molar-refractivity contribution in [3.8, 4) is 6.07 Å². The summed E-state index contributed by atoms with van der Waals surface area (Å²) in [5.41, 5.74) is 0.739. The number of carbonyl (C=O) groups excluding carboxylic acids is 1. The number of anilines is 1. The van der Waals surface area contributed by atoms with Gasteiger partial charge in [0.2, 0.25) is 0 Å². The molecule has 1 aromatic carbocycles. The highest BCUT2D eigenvalue weighted by Gasteiger charge is 2.13. The summed E-state index contributed by atoms with van der Waals surface area (Å²) in [7, 11) is 1.65. The van der Waals surface area contributed by atoms with Gasteiger partial charge in [0.15, 0.2) is 0 Å². The van der Waals surface area contributed by atoms with E-state index in [0.29, 0.717) is 22.0 Å². The lowest BCUT2D eigenvalue weighted by Crippen LogP contribution is -2.15. The quantitative estimate of drug-likeness (QED) is 0.807. The Hall–Kier alpha value is -1.59. The van der Waals surface area contributed by atoms with Crippen LogP contribution in [0.3, 0.4) is 0 Å². The monoisotopic (exact) mass is 386 g/mol. The Morgan fingerprint density at radius 1 is 1.58 bits per heavy atom. The van der Waals surface area contributed by atoms with Gasteiger partial charge in [0.1, 0.15) is 17.5 Å². The second-order valence-electron chi connectivity index (χ2n) is 3.73. The van der Waals surface area contributed by atoms with Crippen molar-refractivity contribution >= 4 is 45.9 Å². The summed E-state index contributed by atoms with van der Waals surface area (Å²) in [5.74, 6) is 0.0283. The fraction of sp³-hybridized carbons (Fsp3) is 0.0833. The molecule has 0 unspecified atom stereocenters. The van der Waals surface area contributed by atoms with Gasteiger partial charge in [0.25, 0.3) is 5.91 Å². The maximum absolute atomic E-state index is 12.1. The zero-order valence-electron chi connectivity index (χ0n) is 9.82. The number of aryl methyl sites for hydroxylation is 1. The van der Waals surface area contributed by atoms with Crippen molar-refractivity contribution in [2.24, 2.45) is 7.05 Å². The molecule has 0 fully saturated rings. The van der Waals surface area contributed by atoms with Gasteiger partial charge in [-0.05, 0) is 40.8 Å². The maximum atomic E-state index is 12.1. The minimum atomic E-state index is -0.335. The van der Waals surface area contributed by atoms with Gasteiger partial charge in [-0.3, -0.25) is 9.48 Å². The number of benzene rings is 1. The Bertz CT molecular complexity index is 690. The van der Waals surface area contributed by atoms with Gasteiger partial charge in [0.05, 0.1) is 11.2 Å². The summed E-state index contributed by atoms with van der Waals surface area (Å²) in [4.78, 5) is 12.1. The molecule has 5 nitrogen and oxygen atoms in total. The number of nitrogens with one attached hydrogen (secondary N) is 1. The van der Waals surface area contributed by atoms with E-state index in [1.54, 1.807) is 25.2 Å². The minimum absolute atomic E-state index is 0.312. The number of carbonyl (C=O) groups is 1. The summed E-state index contributed by atoms with van der Waals surface area (Å²) in [6, 6.07) is 6.98. The molecule has 0 saturated heterocycles. The third kappa shape index (κ3) is 2.88. The van der Waals surface area contributed by atoms with Crippen molar-refractivity contribution < 1.29 is 4.79 Å². The average Bonchev–Trinajstić information content (AvgIpc) is 2.74. The fourth-order valence-corrected chi connectivity index (χ4v) is 2.00. The molecular weight excluding hydrogens is 379 g/mol. The SMILES string of the molecule is Cn1ncc(C#N)c1NC(=O)c1ccc(I)c(Cl)c1. The van der Waals surface area contributed by atoms with E-state index in [-0.39, 0.29) is 5.91 Å². The molecule has 0 aliphatic heterocycles. The Morgan fingerprint density at radius 3 is 2.95 bits per heavy atom. The van der Waals surface area contributed by atoms with Crippen LogP contribution in [0.1, 0.15) is 15.9 Å². The maximum Gasteiger partial charge on any atom is 0.256 e. The van der Waals surface area contributed by atoms with Crippen molar-refractivity contribution in [1.82, 2.24) is 9.78 Å². The molecule has 1 amide bonds. The van der Waals surface area contributed by atoms with Gasteiger partial charge < -0.3 is 5.32 Å². The summed E-state index contributed by atoms with van der Waals surface area (Å²) in [6.07, 6.45) is 1.40. The largest absolute Gasteiger partial charge is 0.306 e. The first-order chi connectivity index (χ1) is 9.02. The fourth-order valence-electron chi connectivity index (χ4n) is 1.48. The molecule has 2 aromatic rings. The molecule has 0 bridgehead atoms. The lowest BCUT2D eigenvalue weighted by Gasteiger charge is -2.06. The number of rotatable bonds is 2. The molecule has 0 spiro atoms. The number of hydrogen-bond donors (Lipinski definition) is 1. The van der Waals surface area contributed by atoms with Gasteiger partial charge in [-0.1, -0.05) is 11.6 Å². The van der Waals surface area contributed by atoms with E-state index >= 15 is 0 Å². The number of aromatic nitrogens is 2. The van der Waals surface area contributed by atoms with Crippen LogP contribution in [0.5, 0.6) is 0 Å². The number of hydrogen-bond acceptors (Lipinski definition) is 3. The lowest BCUT2D eigenvalue weighted by atomic mass is 10.2. The smallest absolute Gasteiger partial charge is 0.256 e. The zero-order valence-corrected chi connectivity index (χ0v) is 12.7. The van der Waals surface area contributed by atoms with Crippen LogP contribution in [0.15, 0.2) is 24.4 Å². The van der Waals surface area contributed by atoms with Gasteiger partial charge >= 0.3 is 0 Å². The molecule has 0 saturated carbocycles. The Kier molecular flexibility index (Phi) is 4.07. The Morgan fingerprint density at radius 2 is 2.32 bits per heavy atom. The lowest BCUT2D eigenvalue weighted by molar-refractivity contribution is 0.102. The zero-order chi connectivity index (χ0) is 14.0. The van der Waals surface area contributed by atoms with E-state index in [4.69, 9.17) is 16.9 Å². The number of nitrogens with zero attached hydrogens (tertiary/aromatic N) is 3. The first-order valence-corrected chi connectivity index (χ1v) is 6.67. The molecule has 1 N–H and O–H groups in total. The molecule has 2 rings (SSSR count). The molecule has 0 radical (unpaired) electrons. The first kappa shape index (κ1) is 13.8. The van der Waals surface area contributed by atoms with Crippen LogP contribution in [0, 0.1) is 14.9 Å². The standard InChI is InChI=1S/C12H8ClIN4O/c1-18-11(8(5-15)6-16-18)17-12(19)7-2-3-10(14)9(13)4-7/h2-4,6H,1H3,(H,17,19). The highest BCUT2D eigenvalue weighted by atomic mass is 127. The van der Waals surface area contributed by atoms with Crippen LogP contribution < -0.4 is 5.32 Å². The van der Waals surface area contributed by atoms with E-state index in [1.807, 2.05) is 6.07 Å². The van der Waals surface area contributed by atoms with Crippen LogP contribution in [-0.2, 0) is 7.05 Å². The second-order valence-corrected chi connectivity index (χ2v) is 5.29. The van der Waals surface area contributed by atoms with E-state index in [0.717, 1.165) is 3.57 Å². The molecule has 96 valence electrons. The third-order valence-corrected chi connectivity index (χ3v) is 4.05. The van der Waals surface area contributed by atoms with Crippen molar-refractivity contribution in [2.45, 2.75) is 0 Å². The highest BCUT2D eigenvalue weighted by Crippen LogP contribution is 2.21. The molecular formula is C12H8ClIN4O. The van der Waals surface area contributed by atoms with Crippen molar-refractivity contribution in [3.05, 3.63) is 44.1 Å². The predicted octanol–water partition coefficient (Wildman–Crippen LogP) is 2.80. The van der Waals surface area contributed by atoms with Crippen LogP contribution in [0.2, 0.25) is 5.02 Å². The highest BCUT2D eigenvalue weighted by molar-refractivity contribution is 14.1. The van der Waals surface area contributed by atoms with Crippen LogP contribution in [0.25, 0.3) is 0 Å². The van der Waals surface area contributed by atoms with Gasteiger partial charge in [0, 0.05) is 16.2 Å². The second kappa shape index (κ2) is 5.59. The van der Waals surface area contributed by atoms with Gasteiger partial charge in [-0.2, -0.15) is 10.4 Å². The summed E-state index contributed by atoms with van der Waals surface area (Å²) in [5, 5.41) is 16.0. The van der Waals surface area contributed by atoms with E-state index in [2.05, 4.69) is 33.0 Å². The third-order valence-electron chi connectivity index (χ3n) is 2.47. The molecule has 19 heavy (non-hydrogen) atoms. The minimum Gasteiger partial charge on any atom is -0.306 e. The molecule has 1 aromatic heterocycles. The summed E-state index contributed by atoms with van der Waals surface area (Å²) in [6.45, 7) is 0. The molecule has 0 aliphatic carbocycles. The van der Waals surface area contributed by atoms with Crippen LogP contribution >= 0.6 is 34.2 Å².